The normalized spacial score (nSPS) is 21.9. The molecule has 0 radical (unpaired) electrons. The van der Waals surface area contributed by atoms with Crippen molar-refractivity contribution in [1.82, 2.24) is 20.2 Å². The Morgan fingerprint density at radius 1 is 1.13 bits per heavy atom. The lowest BCUT2D eigenvalue weighted by atomic mass is 9.81. The lowest BCUT2D eigenvalue weighted by Gasteiger charge is -2.35. The van der Waals surface area contributed by atoms with Gasteiger partial charge in [0.2, 0.25) is 0 Å². The molecule has 1 atom stereocenters. The van der Waals surface area contributed by atoms with E-state index in [0.29, 0.717) is 30.6 Å². The van der Waals surface area contributed by atoms with E-state index in [2.05, 4.69) is 34.0 Å². The van der Waals surface area contributed by atoms with Crippen LogP contribution in [0.1, 0.15) is 87.2 Å². The topological polar surface area (TPSA) is 92.3 Å². The van der Waals surface area contributed by atoms with Crippen LogP contribution in [0.5, 0.6) is 0 Å². The molecule has 1 N–H and O–H groups in total. The first kappa shape index (κ1) is 31.0. The van der Waals surface area contributed by atoms with E-state index in [1.807, 2.05) is 6.07 Å². The average molecular weight is 569 g/mol. The third-order valence-electron chi connectivity index (χ3n) is 7.71. The summed E-state index contributed by atoms with van der Waals surface area (Å²) in [5, 5.41) is 2.81. The van der Waals surface area contributed by atoms with E-state index >= 15 is 0 Å². The van der Waals surface area contributed by atoms with Gasteiger partial charge in [-0.15, -0.1) is 0 Å². The maximum atomic E-state index is 13.1. The molecule has 0 aromatic carbocycles. The Labute approximate surface area is 229 Å². The lowest BCUT2D eigenvalue weighted by Crippen LogP contribution is -2.35. The van der Waals surface area contributed by atoms with E-state index in [1.54, 1.807) is 19.2 Å². The number of aromatic nitrogens is 2. The minimum atomic E-state index is -4.11. The van der Waals surface area contributed by atoms with Crippen molar-refractivity contribution < 1.29 is 26.4 Å². The molecule has 2 aromatic rings. The predicted molar refractivity (Wildman–Crippen MR) is 144 cm³/mol. The van der Waals surface area contributed by atoms with Crippen LogP contribution in [-0.4, -0.2) is 47.7 Å². The first-order valence-electron chi connectivity index (χ1n) is 13.1. The Kier molecular flexibility index (Phi) is 9.80. The largest absolute Gasteiger partial charge is 0.391 e. The quantitative estimate of drug-likeness (QED) is 0.438. The Hall–Kier alpha value is -2.53. The molecule has 1 aliphatic heterocycles. The minimum absolute atomic E-state index is 0. The van der Waals surface area contributed by atoms with E-state index in [9.17, 15) is 26.4 Å². The second-order valence-corrected chi connectivity index (χ2v) is 13.0. The van der Waals surface area contributed by atoms with Gasteiger partial charge in [0.15, 0.2) is 9.84 Å². The molecule has 39 heavy (non-hydrogen) atoms. The fourth-order valence-electron chi connectivity index (χ4n) is 5.59. The van der Waals surface area contributed by atoms with Crippen LogP contribution in [0.3, 0.4) is 0 Å². The molecular weight excluding hydrogens is 529 g/mol. The number of sulfone groups is 1. The summed E-state index contributed by atoms with van der Waals surface area (Å²) >= 11 is 0. The second-order valence-electron chi connectivity index (χ2n) is 10.7. The number of rotatable bonds is 8. The number of hydrogen-bond acceptors (Lipinski definition) is 6. The Morgan fingerprint density at radius 3 is 2.38 bits per heavy atom. The van der Waals surface area contributed by atoms with Crippen LogP contribution in [0.2, 0.25) is 0 Å². The molecule has 0 bridgehead atoms. The van der Waals surface area contributed by atoms with Crippen LogP contribution in [0.25, 0.3) is 0 Å². The van der Waals surface area contributed by atoms with Crippen molar-refractivity contribution in [3.63, 3.8) is 0 Å². The van der Waals surface area contributed by atoms with E-state index in [1.165, 1.54) is 12.3 Å². The van der Waals surface area contributed by atoms with Gasteiger partial charge >= 0.3 is 6.18 Å². The van der Waals surface area contributed by atoms with Gasteiger partial charge in [-0.05, 0) is 61.3 Å². The summed E-state index contributed by atoms with van der Waals surface area (Å²) in [4.78, 5) is 24.1. The van der Waals surface area contributed by atoms with Crippen LogP contribution >= 0.6 is 0 Å². The van der Waals surface area contributed by atoms with Crippen LogP contribution < -0.4 is 5.32 Å². The molecule has 4 rings (SSSR count). The first-order chi connectivity index (χ1) is 17.9. The first-order valence-corrected chi connectivity index (χ1v) is 14.8. The average Bonchev–Trinajstić information content (AvgIpc) is 3.24. The van der Waals surface area contributed by atoms with Gasteiger partial charge < -0.3 is 5.32 Å². The van der Waals surface area contributed by atoms with Crippen molar-refractivity contribution in [3.05, 3.63) is 53.1 Å². The van der Waals surface area contributed by atoms with Gasteiger partial charge in [-0.2, -0.15) is 13.2 Å². The summed E-state index contributed by atoms with van der Waals surface area (Å²) in [7, 11) is -3.34. The Bertz CT molecular complexity index is 1240. The van der Waals surface area contributed by atoms with Gasteiger partial charge in [0.05, 0.1) is 46.1 Å². The maximum absolute atomic E-state index is 13.1. The number of halogens is 3. The Balaban J connectivity index is 0.00000420. The number of alkyl halides is 3. The van der Waals surface area contributed by atoms with Crippen LogP contribution in [0, 0.1) is 17.8 Å². The molecule has 0 spiro atoms. The maximum Gasteiger partial charge on any atom is 0.391 e. The van der Waals surface area contributed by atoms with Gasteiger partial charge in [0.1, 0.15) is 0 Å². The zero-order valence-electron chi connectivity index (χ0n) is 22.0. The third kappa shape index (κ3) is 7.16. The molecule has 1 aliphatic carbocycles. The summed E-state index contributed by atoms with van der Waals surface area (Å²) in [5.41, 5.74) is 2.85. The minimum Gasteiger partial charge on any atom is -0.346 e. The summed E-state index contributed by atoms with van der Waals surface area (Å²) < 4.78 is 63.1. The highest BCUT2D eigenvalue weighted by molar-refractivity contribution is 7.91. The summed E-state index contributed by atoms with van der Waals surface area (Å²) in [6.45, 7) is 7.27. The zero-order chi connectivity index (χ0) is 27.7. The number of carbonyl (C=O) groups excluding carboxylic acids is 1. The fraction of sp³-hybridized carbons (Fsp3) is 0.607. The SMILES string of the molecule is C.CCS(=O)(=O)c1ccc(CNC(=O)c2cnc3c(c2)CN(CC2CCC(C(F)(F)F)CC2)C3C(C)C)nc1. The smallest absolute Gasteiger partial charge is 0.346 e. The molecule has 216 valence electrons. The number of hydrogen-bond donors (Lipinski definition) is 1. The van der Waals surface area contributed by atoms with Gasteiger partial charge in [-0.25, -0.2) is 8.42 Å². The van der Waals surface area contributed by atoms with Crippen molar-refractivity contribution in [1.29, 1.82) is 0 Å². The van der Waals surface area contributed by atoms with Crippen LogP contribution in [0.15, 0.2) is 35.5 Å². The van der Waals surface area contributed by atoms with Crippen molar-refractivity contribution in [2.24, 2.45) is 17.8 Å². The molecule has 2 aromatic heterocycles. The van der Waals surface area contributed by atoms with Gasteiger partial charge in [0.25, 0.3) is 5.91 Å². The molecule has 0 saturated heterocycles. The van der Waals surface area contributed by atoms with Crippen molar-refractivity contribution in [2.45, 2.75) is 84.1 Å². The molecular formula is C28H39F3N4O3S. The fourth-order valence-corrected chi connectivity index (χ4v) is 6.41. The van der Waals surface area contributed by atoms with Gasteiger partial charge in [0, 0.05) is 25.5 Å². The molecule has 1 fully saturated rings. The number of pyridine rings is 2. The predicted octanol–water partition coefficient (Wildman–Crippen LogP) is 5.72. The van der Waals surface area contributed by atoms with E-state index < -0.39 is 21.9 Å². The standard InChI is InChI=1S/C27H35F3N4O3S.CH4/c1-4-38(36,37)23-10-9-22(31-14-23)13-33-26(35)19-11-20-16-34(25(17(2)3)24(20)32-12-19)15-18-5-7-21(8-6-18)27(28,29)30;/h9-12,14,17-18,21,25H,4-8,13,15-16H2,1-3H3,(H,33,35);1H4. The van der Waals surface area contributed by atoms with Gasteiger partial charge in [-0.1, -0.05) is 28.2 Å². The molecule has 7 nitrogen and oxygen atoms in total. The number of fused-ring (bicyclic) bond motifs is 1. The van der Waals surface area contributed by atoms with E-state index in [-0.39, 0.29) is 61.2 Å². The summed E-state index contributed by atoms with van der Waals surface area (Å²) in [6, 6.07) is 4.97. The third-order valence-corrected chi connectivity index (χ3v) is 9.43. The van der Waals surface area contributed by atoms with Crippen molar-refractivity contribution in [2.75, 3.05) is 12.3 Å². The van der Waals surface area contributed by atoms with Gasteiger partial charge in [-0.3, -0.25) is 19.7 Å². The molecule has 3 heterocycles. The number of nitrogens with zero attached hydrogens (tertiary/aromatic N) is 3. The van der Waals surface area contributed by atoms with Crippen molar-refractivity contribution >= 4 is 15.7 Å². The molecule has 1 unspecified atom stereocenters. The summed E-state index contributed by atoms with van der Waals surface area (Å²) in [5.74, 6) is -1.02. The van der Waals surface area contributed by atoms with Crippen molar-refractivity contribution in [3.8, 4) is 0 Å². The molecule has 11 heteroatoms. The lowest BCUT2D eigenvalue weighted by molar-refractivity contribution is -0.184. The number of carbonyl (C=O) groups is 1. The van der Waals surface area contributed by atoms with Crippen LogP contribution in [-0.2, 0) is 22.9 Å². The second kappa shape index (κ2) is 12.3. The molecule has 2 aliphatic rings. The number of amides is 1. The summed E-state index contributed by atoms with van der Waals surface area (Å²) in [6.07, 6.45) is 0.279. The monoisotopic (exact) mass is 568 g/mol. The highest BCUT2D eigenvalue weighted by atomic mass is 32.2. The van der Waals surface area contributed by atoms with Crippen LogP contribution in [0.4, 0.5) is 13.2 Å². The van der Waals surface area contributed by atoms with E-state index in [0.717, 1.165) is 17.8 Å². The number of nitrogens with one attached hydrogen (secondary N) is 1. The molecule has 1 saturated carbocycles. The highest BCUT2D eigenvalue weighted by Gasteiger charge is 2.42. The Morgan fingerprint density at radius 2 is 1.82 bits per heavy atom. The molecule has 1 amide bonds. The highest BCUT2D eigenvalue weighted by Crippen LogP contribution is 2.43. The zero-order valence-corrected chi connectivity index (χ0v) is 22.8. The van der Waals surface area contributed by atoms with E-state index in [4.69, 9.17) is 0 Å².